The Bertz CT molecular complexity index is 888. The number of aromatic nitrogens is 3. The van der Waals surface area contributed by atoms with Gasteiger partial charge in [0.2, 0.25) is 0 Å². The molecule has 0 aliphatic carbocycles. The molecular weight excluding hydrogens is 282 g/mol. The highest BCUT2D eigenvalue weighted by molar-refractivity contribution is 5.88. The zero-order valence-electron chi connectivity index (χ0n) is 11.9. The minimum absolute atomic E-state index is 0.128. The van der Waals surface area contributed by atoms with Gasteiger partial charge >= 0.3 is 5.97 Å². The Morgan fingerprint density at radius 3 is 2.68 bits per heavy atom. The predicted octanol–water partition coefficient (Wildman–Crippen LogP) is 1.93. The fourth-order valence-corrected chi connectivity index (χ4v) is 2.08. The van der Waals surface area contributed by atoms with E-state index in [1.165, 1.54) is 6.20 Å². The maximum absolute atomic E-state index is 12.4. The second kappa shape index (κ2) is 5.77. The Morgan fingerprint density at radius 2 is 1.95 bits per heavy atom. The van der Waals surface area contributed by atoms with Gasteiger partial charge in [0.15, 0.2) is 5.65 Å². The molecule has 3 aromatic rings. The fourth-order valence-electron chi connectivity index (χ4n) is 2.08. The van der Waals surface area contributed by atoms with Crippen molar-refractivity contribution in [3.63, 3.8) is 0 Å². The normalized spacial score (nSPS) is 10.6. The standard InChI is InChI=1S/C16H13N3O3/c1-2-22-16(21)12-10-17-14-9-8-13(18-19(14)15(12)20)11-6-4-3-5-7-11/h3-10H,2H2,1H3. The maximum Gasteiger partial charge on any atom is 0.345 e. The third kappa shape index (κ3) is 2.46. The first kappa shape index (κ1) is 13.9. The number of fused-ring (bicyclic) bond motifs is 1. The van der Waals surface area contributed by atoms with Crippen LogP contribution in [0.15, 0.2) is 53.5 Å². The van der Waals surface area contributed by atoms with Crippen LogP contribution in [-0.2, 0) is 4.74 Å². The molecule has 3 rings (SSSR count). The molecule has 0 fully saturated rings. The van der Waals surface area contributed by atoms with E-state index in [0.29, 0.717) is 11.3 Å². The van der Waals surface area contributed by atoms with Gasteiger partial charge in [-0.2, -0.15) is 9.61 Å². The van der Waals surface area contributed by atoms with Crippen molar-refractivity contribution in [3.8, 4) is 11.3 Å². The number of esters is 1. The molecule has 1 aromatic carbocycles. The summed E-state index contributed by atoms with van der Waals surface area (Å²) in [5.74, 6) is -0.693. The molecule has 0 atom stereocenters. The summed E-state index contributed by atoms with van der Waals surface area (Å²) in [5, 5.41) is 4.28. The zero-order valence-corrected chi connectivity index (χ0v) is 11.9. The van der Waals surface area contributed by atoms with Crippen LogP contribution in [-0.4, -0.2) is 27.2 Å². The largest absolute Gasteiger partial charge is 0.462 e. The third-order valence-electron chi connectivity index (χ3n) is 3.13. The number of carbonyl (C=O) groups excluding carboxylic acids is 1. The molecule has 110 valence electrons. The van der Waals surface area contributed by atoms with Crippen molar-refractivity contribution in [3.05, 3.63) is 64.6 Å². The van der Waals surface area contributed by atoms with E-state index in [1.807, 2.05) is 30.3 Å². The lowest BCUT2D eigenvalue weighted by Gasteiger charge is -2.05. The summed E-state index contributed by atoms with van der Waals surface area (Å²) in [4.78, 5) is 28.2. The summed E-state index contributed by atoms with van der Waals surface area (Å²) in [6.45, 7) is 1.87. The Morgan fingerprint density at radius 1 is 1.18 bits per heavy atom. The molecule has 0 aliphatic heterocycles. The van der Waals surface area contributed by atoms with Crippen LogP contribution in [0.4, 0.5) is 0 Å². The van der Waals surface area contributed by atoms with E-state index in [0.717, 1.165) is 10.1 Å². The molecule has 6 nitrogen and oxygen atoms in total. The van der Waals surface area contributed by atoms with Gasteiger partial charge in [-0.05, 0) is 19.1 Å². The topological polar surface area (TPSA) is 73.6 Å². The van der Waals surface area contributed by atoms with Gasteiger partial charge in [-0.3, -0.25) is 4.79 Å². The second-order valence-electron chi connectivity index (χ2n) is 4.55. The predicted molar refractivity (Wildman–Crippen MR) is 80.6 cm³/mol. The molecule has 0 saturated heterocycles. The summed E-state index contributed by atoms with van der Waals surface area (Å²) in [6, 6.07) is 12.9. The number of nitrogens with zero attached hydrogens (tertiary/aromatic N) is 3. The van der Waals surface area contributed by atoms with E-state index in [9.17, 15) is 9.59 Å². The minimum Gasteiger partial charge on any atom is -0.462 e. The molecule has 0 bridgehead atoms. The van der Waals surface area contributed by atoms with Gasteiger partial charge in [0.05, 0.1) is 12.3 Å². The first-order chi connectivity index (χ1) is 10.7. The van der Waals surface area contributed by atoms with Crippen LogP contribution in [0.1, 0.15) is 17.3 Å². The second-order valence-corrected chi connectivity index (χ2v) is 4.55. The molecule has 0 spiro atoms. The Balaban J connectivity index is 2.16. The first-order valence-corrected chi connectivity index (χ1v) is 6.82. The first-order valence-electron chi connectivity index (χ1n) is 6.82. The van der Waals surface area contributed by atoms with Crippen LogP contribution >= 0.6 is 0 Å². The van der Waals surface area contributed by atoms with Gasteiger partial charge in [-0.1, -0.05) is 30.3 Å². The highest BCUT2D eigenvalue weighted by Gasteiger charge is 2.15. The summed E-state index contributed by atoms with van der Waals surface area (Å²) < 4.78 is 5.97. The smallest absolute Gasteiger partial charge is 0.345 e. The van der Waals surface area contributed by atoms with Crippen LogP contribution in [0.3, 0.4) is 0 Å². The summed E-state index contributed by atoms with van der Waals surface area (Å²) in [7, 11) is 0. The monoisotopic (exact) mass is 295 g/mol. The van der Waals surface area contributed by atoms with Gasteiger partial charge in [0.25, 0.3) is 5.56 Å². The van der Waals surface area contributed by atoms with E-state index in [2.05, 4.69) is 10.1 Å². The van der Waals surface area contributed by atoms with Gasteiger partial charge in [-0.25, -0.2) is 9.78 Å². The minimum atomic E-state index is -0.693. The average Bonchev–Trinajstić information content (AvgIpc) is 2.56. The summed E-state index contributed by atoms with van der Waals surface area (Å²) >= 11 is 0. The summed E-state index contributed by atoms with van der Waals surface area (Å²) in [5.41, 5.74) is 1.20. The molecule has 6 heteroatoms. The molecule has 0 amide bonds. The van der Waals surface area contributed by atoms with E-state index in [4.69, 9.17) is 4.74 Å². The van der Waals surface area contributed by atoms with Gasteiger partial charge < -0.3 is 4.74 Å². The Hall–Kier alpha value is -3.02. The highest BCUT2D eigenvalue weighted by atomic mass is 16.5. The van der Waals surface area contributed by atoms with Crippen LogP contribution in [0, 0.1) is 0 Å². The van der Waals surface area contributed by atoms with Crippen molar-refractivity contribution >= 4 is 11.6 Å². The molecule has 0 radical (unpaired) electrons. The lowest BCUT2D eigenvalue weighted by atomic mass is 10.1. The van der Waals surface area contributed by atoms with Crippen molar-refractivity contribution in [1.29, 1.82) is 0 Å². The van der Waals surface area contributed by atoms with Crippen molar-refractivity contribution in [2.75, 3.05) is 6.61 Å². The van der Waals surface area contributed by atoms with Crippen LogP contribution in [0.25, 0.3) is 16.9 Å². The SMILES string of the molecule is CCOC(=O)c1cnc2ccc(-c3ccccc3)nn2c1=O. The quantitative estimate of drug-likeness (QED) is 0.690. The number of benzene rings is 1. The van der Waals surface area contributed by atoms with E-state index in [-0.39, 0.29) is 12.2 Å². The highest BCUT2D eigenvalue weighted by Crippen LogP contribution is 2.15. The molecule has 0 N–H and O–H groups in total. The molecular formula is C16H13N3O3. The number of carbonyl (C=O) groups is 1. The maximum atomic E-state index is 12.4. The lowest BCUT2D eigenvalue weighted by molar-refractivity contribution is 0.0523. The number of hydrogen-bond acceptors (Lipinski definition) is 5. The average molecular weight is 295 g/mol. The van der Waals surface area contributed by atoms with Crippen molar-refractivity contribution in [2.24, 2.45) is 0 Å². The zero-order chi connectivity index (χ0) is 15.5. The molecule has 2 heterocycles. The van der Waals surface area contributed by atoms with E-state index < -0.39 is 11.5 Å². The van der Waals surface area contributed by atoms with E-state index >= 15 is 0 Å². The van der Waals surface area contributed by atoms with Crippen molar-refractivity contribution in [1.82, 2.24) is 14.6 Å². The number of ether oxygens (including phenoxy) is 1. The third-order valence-corrected chi connectivity index (χ3v) is 3.13. The molecule has 0 saturated carbocycles. The van der Waals surface area contributed by atoms with Crippen LogP contribution in [0.2, 0.25) is 0 Å². The van der Waals surface area contributed by atoms with Gasteiger partial charge in [0, 0.05) is 11.8 Å². The lowest BCUT2D eigenvalue weighted by Crippen LogP contribution is -2.26. The van der Waals surface area contributed by atoms with Crippen LogP contribution in [0.5, 0.6) is 0 Å². The van der Waals surface area contributed by atoms with Crippen molar-refractivity contribution < 1.29 is 9.53 Å². The molecule has 0 aliphatic rings. The fraction of sp³-hybridized carbons (Fsp3) is 0.125. The number of hydrogen-bond donors (Lipinski definition) is 0. The summed E-state index contributed by atoms with van der Waals surface area (Å²) in [6.07, 6.45) is 1.22. The number of rotatable bonds is 3. The molecule has 0 unspecified atom stereocenters. The Kier molecular flexibility index (Phi) is 3.65. The molecule has 22 heavy (non-hydrogen) atoms. The van der Waals surface area contributed by atoms with Gasteiger partial charge in [0.1, 0.15) is 5.56 Å². The van der Waals surface area contributed by atoms with Gasteiger partial charge in [-0.15, -0.1) is 0 Å². The van der Waals surface area contributed by atoms with Crippen LogP contribution < -0.4 is 5.56 Å². The van der Waals surface area contributed by atoms with E-state index in [1.54, 1.807) is 19.1 Å². The van der Waals surface area contributed by atoms with Crippen molar-refractivity contribution in [2.45, 2.75) is 6.92 Å². The molecule has 2 aromatic heterocycles. The Labute approximate surface area is 126 Å².